The lowest BCUT2D eigenvalue weighted by Crippen LogP contribution is -2.38. The van der Waals surface area contributed by atoms with Gasteiger partial charge in [-0.25, -0.2) is 13.2 Å². The van der Waals surface area contributed by atoms with E-state index >= 15 is 0 Å². The molecule has 0 aliphatic carbocycles. The Labute approximate surface area is 156 Å². The van der Waals surface area contributed by atoms with E-state index in [0.717, 1.165) is 0 Å². The molecule has 2 fully saturated rings. The number of hydrogen-bond acceptors (Lipinski definition) is 4. The van der Waals surface area contributed by atoms with E-state index in [4.69, 9.17) is 16.3 Å². The number of para-hydroxylation sites is 3. The number of fused-ring (bicyclic) bond motifs is 1. The molecule has 0 bridgehead atoms. The van der Waals surface area contributed by atoms with E-state index in [1.54, 1.807) is 48.5 Å². The van der Waals surface area contributed by atoms with Gasteiger partial charge in [-0.3, -0.25) is 9.80 Å². The first kappa shape index (κ1) is 17.2. The van der Waals surface area contributed by atoms with Crippen LogP contribution in [0.25, 0.3) is 0 Å². The van der Waals surface area contributed by atoms with Crippen LogP contribution in [0.5, 0.6) is 5.75 Å². The van der Waals surface area contributed by atoms with Crippen molar-refractivity contribution in [3.05, 3.63) is 53.6 Å². The van der Waals surface area contributed by atoms with Crippen LogP contribution >= 0.6 is 11.6 Å². The lowest BCUT2D eigenvalue weighted by molar-refractivity contribution is 0.255. The summed E-state index contributed by atoms with van der Waals surface area (Å²) in [5.74, 6) is 0.354. The fourth-order valence-electron chi connectivity index (χ4n) is 3.74. The fourth-order valence-corrected chi connectivity index (χ4v) is 5.89. The van der Waals surface area contributed by atoms with Crippen molar-refractivity contribution >= 4 is 38.8 Å². The lowest BCUT2D eigenvalue weighted by Gasteiger charge is -2.24. The molecule has 2 saturated heterocycles. The Morgan fingerprint density at radius 3 is 2.12 bits per heavy atom. The molecule has 2 aliphatic heterocycles. The monoisotopic (exact) mass is 392 g/mol. The maximum Gasteiger partial charge on any atom is 0.329 e. The van der Waals surface area contributed by atoms with Crippen LogP contribution in [-0.2, 0) is 9.84 Å². The second-order valence-corrected chi connectivity index (χ2v) is 8.92. The molecule has 2 aliphatic rings. The van der Waals surface area contributed by atoms with Crippen LogP contribution in [0.15, 0.2) is 48.5 Å². The molecule has 0 saturated carbocycles. The van der Waals surface area contributed by atoms with Gasteiger partial charge in [-0.05, 0) is 24.3 Å². The number of nitrogens with zero attached hydrogens (tertiary/aromatic N) is 2. The van der Waals surface area contributed by atoms with Crippen LogP contribution in [0.2, 0.25) is 5.02 Å². The Morgan fingerprint density at radius 2 is 1.50 bits per heavy atom. The summed E-state index contributed by atoms with van der Waals surface area (Å²) in [6, 6.07) is 12.8. The number of rotatable bonds is 3. The third kappa shape index (κ3) is 2.62. The molecular formula is C18H17ClN2O4S. The maximum atomic E-state index is 13.3. The van der Waals surface area contributed by atoms with Crippen LogP contribution < -0.4 is 14.5 Å². The van der Waals surface area contributed by atoms with Crippen LogP contribution in [0.4, 0.5) is 16.2 Å². The highest BCUT2D eigenvalue weighted by atomic mass is 35.5. The smallest absolute Gasteiger partial charge is 0.329 e. The van der Waals surface area contributed by atoms with E-state index in [9.17, 15) is 13.2 Å². The number of ether oxygens (including phenoxy) is 1. The summed E-state index contributed by atoms with van der Waals surface area (Å²) in [4.78, 5) is 16.3. The van der Waals surface area contributed by atoms with Crippen molar-refractivity contribution < 1.29 is 17.9 Å². The summed E-state index contributed by atoms with van der Waals surface area (Å²) < 4.78 is 30.0. The molecule has 136 valence electrons. The Bertz CT molecular complexity index is 979. The van der Waals surface area contributed by atoms with Gasteiger partial charge in [0.25, 0.3) is 0 Å². The summed E-state index contributed by atoms with van der Waals surface area (Å²) in [5, 5.41) is 0.408. The van der Waals surface area contributed by atoms with Gasteiger partial charge in [0, 0.05) is 0 Å². The minimum Gasteiger partial charge on any atom is -0.495 e. The van der Waals surface area contributed by atoms with E-state index in [1.807, 2.05) is 0 Å². The molecule has 0 radical (unpaired) electrons. The van der Waals surface area contributed by atoms with E-state index in [1.165, 1.54) is 16.9 Å². The highest BCUT2D eigenvalue weighted by Crippen LogP contribution is 2.42. The molecule has 8 heteroatoms. The minimum atomic E-state index is -3.26. The van der Waals surface area contributed by atoms with Crippen molar-refractivity contribution in [2.75, 3.05) is 28.4 Å². The molecule has 0 N–H and O–H groups in total. The first-order valence-electron chi connectivity index (χ1n) is 8.13. The van der Waals surface area contributed by atoms with Crippen LogP contribution in [-0.4, -0.2) is 45.1 Å². The number of carbonyl (C=O) groups excluding carboxylic acids is 1. The van der Waals surface area contributed by atoms with Crippen molar-refractivity contribution in [3.63, 3.8) is 0 Å². The fraction of sp³-hybridized carbons (Fsp3) is 0.278. The first-order valence-corrected chi connectivity index (χ1v) is 10.3. The van der Waals surface area contributed by atoms with E-state index in [0.29, 0.717) is 22.1 Å². The SMILES string of the molecule is COc1ccccc1N1C(=O)N(c2ccccc2Cl)[C@@H]2CS(=O)(=O)C[C@@H]21. The largest absolute Gasteiger partial charge is 0.495 e. The Morgan fingerprint density at radius 1 is 0.962 bits per heavy atom. The number of carbonyl (C=O) groups is 1. The molecular weight excluding hydrogens is 376 g/mol. The average Bonchev–Trinajstić information content (AvgIpc) is 3.04. The summed E-state index contributed by atoms with van der Waals surface area (Å²) >= 11 is 6.30. The standard InChI is InChI=1S/C18H17ClN2O4S/c1-25-17-9-5-4-8-14(17)21-16-11-26(23,24)10-15(16)20(18(21)22)13-7-3-2-6-12(13)19/h2-9,15-16H,10-11H2,1H3/t15-,16+/m1/s1. The van der Waals surface area contributed by atoms with Gasteiger partial charge in [-0.15, -0.1) is 0 Å². The maximum absolute atomic E-state index is 13.3. The van der Waals surface area contributed by atoms with Gasteiger partial charge < -0.3 is 4.74 Å². The molecule has 0 spiro atoms. The Kier molecular flexibility index (Phi) is 4.08. The summed E-state index contributed by atoms with van der Waals surface area (Å²) in [6.07, 6.45) is 0. The molecule has 2 aromatic carbocycles. The molecule has 4 rings (SSSR count). The minimum absolute atomic E-state index is 0.0809. The summed E-state index contributed by atoms with van der Waals surface area (Å²) in [6.45, 7) is 0. The van der Waals surface area contributed by atoms with Gasteiger partial charge in [-0.1, -0.05) is 35.9 Å². The topological polar surface area (TPSA) is 66.9 Å². The van der Waals surface area contributed by atoms with Crippen molar-refractivity contribution in [1.29, 1.82) is 0 Å². The number of anilines is 2. The van der Waals surface area contributed by atoms with Gasteiger partial charge >= 0.3 is 6.03 Å². The number of hydrogen-bond donors (Lipinski definition) is 0. The van der Waals surface area contributed by atoms with Crippen LogP contribution in [0.3, 0.4) is 0 Å². The third-order valence-corrected chi connectivity index (χ3v) is 6.84. The van der Waals surface area contributed by atoms with Gasteiger partial charge in [0.05, 0.1) is 47.1 Å². The zero-order valence-electron chi connectivity index (χ0n) is 14.0. The average molecular weight is 393 g/mol. The molecule has 2 aromatic rings. The number of amides is 2. The Hall–Kier alpha value is -2.25. The van der Waals surface area contributed by atoms with Crippen LogP contribution in [0, 0.1) is 0 Å². The zero-order valence-corrected chi connectivity index (χ0v) is 15.6. The third-order valence-electron chi connectivity index (χ3n) is 4.83. The second-order valence-electron chi connectivity index (χ2n) is 6.36. The highest BCUT2D eigenvalue weighted by molar-refractivity contribution is 7.91. The van der Waals surface area contributed by atoms with Crippen LogP contribution in [0.1, 0.15) is 0 Å². The van der Waals surface area contributed by atoms with Gasteiger partial charge in [-0.2, -0.15) is 0 Å². The van der Waals surface area contributed by atoms with Crippen molar-refractivity contribution in [2.45, 2.75) is 12.1 Å². The normalized spacial score (nSPS) is 24.0. The number of benzene rings is 2. The van der Waals surface area contributed by atoms with Crippen molar-refractivity contribution in [2.24, 2.45) is 0 Å². The summed E-state index contributed by atoms with van der Waals surface area (Å²) in [7, 11) is -1.74. The number of urea groups is 1. The lowest BCUT2D eigenvalue weighted by atomic mass is 10.1. The number of halogens is 1. The molecule has 0 aromatic heterocycles. The van der Waals surface area contributed by atoms with E-state index < -0.39 is 21.9 Å². The molecule has 0 unspecified atom stereocenters. The number of sulfone groups is 1. The predicted octanol–water partition coefficient (Wildman–Crippen LogP) is 2.96. The predicted molar refractivity (Wildman–Crippen MR) is 101 cm³/mol. The van der Waals surface area contributed by atoms with Gasteiger partial charge in [0.1, 0.15) is 5.75 Å². The van der Waals surface area contributed by atoms with E-state index in [-0.39, 0.29) is 17.5 Å². The Balaban J connectivity index is 1.86. The second kappa shape index (κ2) is 6.17. The number of methoxy groups -OCH3 is 1. The first-order chi connectivity index (χ1) is 12.4. The van der Waals surface area contributed by atoms with Gasteiger partial charge in [0.15, 0.2) is 9.84 Å². The van der Waals surface area contributed by atoms with Crippen molar-refractivity contribution in [3.8, 4) is 5.75 Å². The summed E-state index contributed by atoms with van der Waals surface area (Å²) in [5.41, 5.74) is 1.07. The molecule has 6 nitrogen and oxygen atoms in total. The molecule has 26 heavy (non-hydrogen) atoms. The van der Waals surface area contributed by atoms with Gasteiger partial charge in [0.2, 0.25) is 0 Å². The van der Waals surface area contributed by atoms with E-state index in [2.05, 4.69) is 0 Å². The quantitative estimate of drug-likeness (QED) is 0.753. The molecule has 2 atom stereocenters. The van der Waals surface area contributed by atoms with Crippen molar-refractivity contribution in [1.82, 2.24) is 0 Å². The molecule has 2 amide bonds. The molecule has 2 heterocycles. The highest BCUT2D eigenvalue weighted by Gasteiger charge is 2.55. The zero-order chi connectivity index (χ0) is 18.5.